The number of aromatic nitrogens is 1. The fourth-order valence-electron chi connectivity index (χ4n) is 3.32. The number of nitrogens with two attached hydrogens (primary N) is 1. The summed E-state index contributed by atoms with van der Waals surface area (Å²) in [6.07, 6.45) is 3.69. The molecule has 1 aromatic heterocycles. The van der Waals surface area contributed by atoms with Gasteiger partial charge in [0, 0.05) is 17.3 Å². The number of thiazole rings is 1. The first-order valence-corrected chi connectivity index (χ1v) is 7.57. The van der Waals surface area contributed by atoms with Gasteiger partial charge < -0.3 is 10.8 Å². The molecular weight excluding hydrogens is 244 g/mol. The number of nitrogens with zero attached hydrogens (tertiary/aromatic N) is 1. The maximum absolute atomic E-state index is 10.7. The minimum Gasteiger partial charge on any atom is -0.392 e. The Bertz CT molecular complexity index is 416. The van der Waals surface area contributed by atoms with E-state index in [0.717, 1.165) is 36.4 Å². The highest BCUT2D eigenvalue weighted by Crippen LogP contribution is 2.47. The van der Waals surface area contributed by atoms with Crippen LogP contribution in [0.3, 0.4) is 0 Å². The molecule has 1 saturated carbocycles. The van der Waals surface area contributed by atoms with Gasteiger partial charge in [-0.05, 0) is 31.6 Å². The van der Waals surface area contributed by atoms with Gasteiger partial charge in [0.05, 0.1) is 16.8 Å². The molecule has 1 aromatic rings. The zero-order chi connectivity index (χ0) is 13.4. The molecule has 1 aliphatic rings. The normalized spacial score (nSPS) is 31.5. The first-order valence-electron chi connectivity index (χ1n) is 6.69. The summed E-state index contributed by atoms with van der Waals surface area (Å²) in [5, 5.41) is 13.9. The largest absolute Gasteiger partial charge is 0.392 e. The fraction of sp³-hybridized carbons (Fsp3) is 0.786. The van der Waals surface area contributed by atoms with Crippen molar-refractivity contribution in [3.8, 4) is 0 Å². The van der Waals surface area contributed by atoms with Crippen LogP contribution in [0.2, 0.25) is 0 Å². The molecule has 0 saturated heterocycles. The molecule has 1 heterocycles. The topological polar surface area (TPSA) is 59.1 Å². The van der Waals surface area contributed by atoms with Crippen molar-refractivity contribution in [2.45, 2.75) is 52.6 Å². The van der Waals surface area contributed by atoms with Gasteiger partial charge in [-0.1, -0.05) is 20.3 Å². The van der Waals surface area contributed by atoms with Crippen LogP contribution in [-0.4, -0.2) is 22.7 Å². The minimum atomic E-state index is -0.342. The maximum atomic E-state index is 10.7. The van der Waals surface area contributed by atoms with Crippen LogP contribution in [0.25, 0.3) is 0 Å². The van der Waals surface area contributed by atoms with Gasteiger partial charge in [-0.2, -0.15) is 0 Å². The van der Waals surface area contributed by atoms with Crippen LogP contribution in [-0.2, 0) is 6.42 Å². The Morgan fingerprint density at radius 2 is 2.22 bits per heavy atom. The van der Waals surface area contributed by atoms with E-state index in [1.807, 2.05) is 6.92 Å². The minimum absolute atomic E-state index is 0.0390. The second-order valence-corrected chi connectivity index (χ2v) is 7.41. The Morgan fingerprint density at radius 3 is 2.78 bits per heavy atom. The molecule has 102 valence electrons. The van der Waals surface area contributed by atoms with E-state index < -0.39 is 0 Å². The Morgan fingerprint density at radius 1 is 1.50 bits per heavy atom. The fourth-order valence-corrected chi connectivity index (χ4v) is 3.93. The molecule has 0 bridgehead atoms. The SMILES string of the molecule is Cc1nc(CC2(CN)CCCC(C)(C)C2O)cs1. The molecule has 3 N–H and O–H groups in total. The number of aliphatic hydroxyl groups excluding tert-OH is 1. The molecular formula is C14H24N2OS. The van der Waals surface area contributed by atoms with Gasteiger partial charge in [-0.25, -0.2) is 4.98 Å². The quantitative estimate of drug-likeness (QED) is 0.885. The maximum Gasteiger partial charge on any atom is 0.0897 e. The molecule has 0 radical (unpaired) electrons. The first-order chi connectivity index (χ1) is 8.39. The van der Waals surface area contributed by atoms with Gasteiger partial charge in [0.25, 0.3) is 0 Å². The molecule has 4 heteroatoms. The highest BCUT2D eigenvalue weighted by atomic mass is 32.1. The van der Waals surface area contributed by atoms with Crippen LogP contribution in [0, 0.1) is 17.8 Å². The predicted octanol–water partition coefficient (Wildman–Crippen LogP) is 2.51. The third kappa shape index (κ3) is 2.46. The summed E-state index contributed by atoms with van der Waals surface area (Å²) in [7, 11) is 0. The molecule has 0 spiro atoms. The van der Waals surface area contributed by atoms with Crippen LogP contribution in [0.5, 0.6) is 0 Å². The summed E-state index contributed by atoms with van der Waals surface area (Å²) in [5.74, 6) is 0. The van der Waals surface area contributed by atoms with E-state index in [2.05, 4.69) is 24.2 Å². The van der Waals surface area contributed by atoms with Gasteiger partial charge in [-0.3, -0.25) is 0 Å². The van der Waals surface area contributed by atoms with Gasteiger partial charge >= 0.3 is 0 Å². The van der Waals surface area contributed by atoms with Crippen LogP contribution < -0.4 is 5.73 Å². The zero-order valence-electron chi connectivity index (χ0n) is 11.6. The van der Waals surface area contributed by atoms with Crippen LogP contribution >= 0.6 is 11.3 Å². The van der Waals surface area contributed by atoms with E-state index >= 15 is 0 Å². The third-order valence-electron chi connectivity index (χ3n) is 4.42. The van der Waals surface area contributed by atoms with Crippen molar-refractivity contribution in [3.05, 3.63) is 16.1 Å². The van der Waals surface area contributed by atoms with Crippen LogP contribution in [0.4, 0.5) is 0 Å². The van der Waals surface area contributed by atoms with Crippen molar-refractivity contribution in [1.82, 2.24) is 4.98 Å². The molecule has 3 nitrogen and oxygen atoms in total. The van der Waals surface area contributed by atoms with E-state index in [0.29, 0.717) is 6.54 Å². The van der Waals surface area contributed by atoms with Crippen molar-refractivity contribution in [2.75, 3.05) is 6.54 Å². The second-order valence-electron chi connectivity index (χ2n) is 6.35. The van der Waals surface area contributed by atoms with Gasteiger partial charge in [0.15, 0.2) is 0 Å². The number of hydrogen-bond donors (Lipinski definition) is 2. The molecule has 0 amide bonds. The first kappa shape index (κ1) is 14.0. The highest BCUT2D eigenvalue weighted by Gasteiger charge is 2.48. The van der Waals surface area contributed by atoms with E-state index in [-0.39, 0.29) is 16.9 Å². The predicted molar refractivity (Wildman–Crippen MR) is 75.7 cm³/mol. The average molecular weight is 268 g/mol. The summed E-state index contributed by atoms with van der Waals surface area (Å²) in [6, 6.07) is 0. The van der Waals surface area contributed by atoms with Crippen molar-refractivity contribution in [3.63, 3.8) is 0 Å². The molecule has 2 rings (SSSR count). The molecule has 0 aliphatic heterocycles. The molecule has 1 aliphatic carbocycles. The summed E-state index contributed by atoms with van der Waals surface area (Å²) in [5.41, 5.74) is 6.87. The Kier molecular flexibility index (Phi) is 3.81. The van der Waals surface area contributed by atoms with Gasteiger partial charge in [-0.15, -0.1) is 11.3 Å². The average Bonchev–Trinajstić information content (AvgIpc) is 2.71. The molecule has 0 aromatic carbocycles. The Balaban J connectivity index is 2.24. The van der Waals surface area contributed by atoms with Gasteiger partial charge in [0.2, 0.25) is 0 Å². The van der Waals surface area contributed by atoms with Crippen molar-refractivity contribution in [1.29, 1.82) is 0 Å². The third-order valence-corrected chi connectivity index (χ3v) is 5.24. The number of aryl methyl sites for hydroxylation is 1. The van der Waals surface area contributed by atoms with E-state index in [1.54, 1.807) is 11.3 Å². The van der Waals surface area contributed by atoms with E-state index in [4.69, 9.17) is 5.73 Å². The summed E-state index contributed by atoms with van der Waals surface area (Å²) < 4.78 is 0. The lowest BCUT2D eigenvalue weighted by molar-refractivity contribution is -0.0888. The number of hydrogen-bond acceptors (Lipinski definition) is 4. The van der Waals surface area contributed by atoms with E-state index in [1.165, 1.54) is 0 Å². The standard InChI is InChI=1S/C14H24N2OS/c1-10-16-11(8-18-10)7-14(9-15)6-4-5-13(2,3)12(14)17/h8,12,17H,4-7,9,15H2,1-3H3. The molecule has 1 fully saturated rings. The van der Waals surface area contributed by atoms with Crippen LogP contribution in [0.1, 0.15) is 43.8 Å². The number of aliphatic hydroxyl groups is 1. The zero-order valence-corrected chi connectivity index (χ0v) is 12.4. The molecule has 18 heavy (non-hydrogen) atoms. The van der Waals surface area contributed by atoms with Crippen molar-refractivity contribution < 1.29 is 5.11 Å². The van der Waals surface area contributed by atoms with Crippen molar-refractivity contribution in [2.24, 2.45) is 16.6 Å². The summed E-state index contributed by atoms with van der Waals surface area (Å²) in [6.45, 7) is 6.85. The lowest BCUT2D eigenvalue weighted by Crippen LogP contribution is -2.53. The molecule has 2 atom stereocenters. The van der Waals surface area contributed by atoms with Gasteiger partial charge in [0.1, 0.15) is 0 Å². The lowest BCUT2D eigenvalue weighted by Gasteiger charge is -2.49. The summed E-state index contributed by atoms with van der Waals surface area (Å²) in [4.78, 5) is 4.53. The molecule has 2 unspecified atom stereocenters. The smallest absolute Gasteiger partial charge is 0.0897 e. The monoisotopic (exact) mass is 268 g/mol. The summed E-state index contributed by atoms with van der Waals surface area (Å²) >= 11 is 1.67. The van der Waals surface area contributed by atoms with E-state index in [9.17, 15) is 5.11 Å². The van der Waals surface area contributed by atoms with Crippen molar-refractivity contribution >= 4 is 11.3 Å². The van der Waals surface area contributed by atoms with Crippen LogP contribution in [0.15, 0.2) is 5.38 Å². The number of rotatable bonds is 3. The highest BCUT2D eigenvalue weighted by molar-refractivity contribution is 7.09. The second kappa shape index (κ2) is 4.91. The Labute approximate surface area is 113 Å². The lowest BCUT2D eigenvalue weighted by atomic mass is 9.59. The Hall–Kier alpha value is -0.450.